The van der Waals surface area contributed by atoms with E-state index in [1.165, 1.54) is 0 Å². The summed E-state index contributed by atoms with van der Waals surface area (Å²) < 4.78 is 1.91. The maximum atomic E-state index is 4.45. The van der Waals surface area contributed by atoms with Gasteiger partial charge in [0.05, 0.1) is 0 Å². The van der Waals surface area contributed by atoms with Gasteiger partial charge in [-0.05, 0) is 12.3 Å². The van der Waals surface area contributed by atoms with Crippen LogP contribution in [0.2, 0.25) is 0 Å². The van der Waals surface area contributed by atoms with E-state index in [1.54, 1.807) is 12.5 Å². The molecule has 2 atom stereocenters. The molecule has 1 saturated heterocycles. The van der Waals surface area contributed by atoms with Gasteiger partial charge in [0.2, 0.25) is 5.65 Å². The number of piperidine rings is 1. The summed E-state index contributed by atoms with van der Waals surface area (Å²) in [5.41, 5.74) is 0.840. The summed E-state index contributed by atoms with van der Waals surface area (Å²) in [5, 5.41) is 8.06. The quantitative estimate of drug-likeness (QED) is 0.752. The minimum Gasteiger partial charge on any atom is -0.353 e. The summed E-state index contributed by atoms with van der Waals surface area (Å²) >= 11 is 3.72. The molecule has 3 heterocycles. The van der Waals surface area contributed by atoms with E-state index in [0.717, 1.165) is 31.0 Å². The molecule has 0 bridgehead atoms. The molecular weight excluding hydrogens is 282 g/mol. The average Bonchev–Trinajstić information content (AvgIpc) is 2.80. The highest BCUT2D eigenvalue weighted by atomic mass is 79.9. The van der Waals surface area contributed by atoms with Crippen molar-refractivity contribution in [3.05, 3.63) is 18.7 Å². The van der Waals surface area contributed by atoms with Crippen molar-refractivity contribution in [3.8, 4) is 0 Å². The predicted molar refractivity (Wildman–Crippen MR) is 69.5 cm³/mol. The molecule has 1 aliphatic heterocycles. The van der Waals surface area contributed by atoms with E-state index in [9.17, 15) is 0 Å². The first-order valence-electron chi connectivity index (χ1n) is 5.79. The summed E-state index contributed by atoms with van der Waals surface area (Å²) in [4.78, 5) is 7.36. The molecule has 3 rings (SSSR count). The molecule has 1 fully saturated rings. The second-order valence-corrected chi connectivity index (χ2v) is 5.72. The molecule has 2 aromatic heterocycles. The van der Waals surface area contributed by atoms with Crippen LogP contribution in [0.25, 0.3) is 5.65 Å². The molecule has 0 amide bonds. The second-order valence-electron chi connectivity index (χ2n) is 4.54. The van der Waals surface area contributed by atoms with Crippen LogP contribution in [0.3, 0.4) is 0 Å². The molecule has 0 radical (unpaired) electrons. The van der Waals surface area contributed by atoms with Gasteiger partial charge in [0.1, 0.15) is 6.33 Å². The second kappa shape index (κ2) is 4.25. The molecule has 1 aliphatic rings. The van der Waals surface area contributed by atoms with Crippen molar-refractivity contribution in [2.24, 2.45) is 5.92 Å². The Morgan fingerprint density at radius 1 is 1.47 bits per heavy atom. The van der Waals surface area contributed by atoms with E-state index >= 15 is 0 Å². The predicted octanol–water partition coefficient (Wildman–Crippen LogP) is 1.73. The van der Waals surface area contributed by atoms with Crippen LogP contribution in [0.5, 0.6) is 0 Å². The van der Waals surface area contributed by atoms with Gasteiger partial charge in [-0.3, -0.25) is 4.40 Å². The molecule has 90 valence electrons. The smallest absolute Gasteiger partial charge is 0.203 e. The highest BCUT2D eigenvalue weighted by Gasteiger charge is 2.26. The van der Waals surface area contributed by atoms with Gasteiger partial charge in [0, 0.05) is 30.3 Å². The molecule has 17 heavy (non-hydrogen) atoms. The van der Waals surface area contributed by atoms with Gasteiger partial charge < -0.3 is 4.90 Å². The van der Waals surface area contributed by atoms with Crippen LogP contribution in [-0.4, -0.2) is 37.5 Å². The maximum Gasteiger partial charge on any atom is 0.203 e. The van der Waals surface area contributed by atoms with Crippen molar-refractivity contribution >= 4 is 27.4 Å². The standard InChI is InChI=1S/C11H14BrN5/c1-8-6-16(4-2-9(8)12)10-11-15-14-7-17(11)5-3-13-10/h3,5,7-9H,2,4,6H2,1H3. The van der Waals surface area contributed by atoms with Crippen LogP contribution in [0.15, 0.2) is 18.7 Å². The number of hydrogen-bond donors (Lipinski definition) is 0. The zero-order chi connectivity index (χ0) is 11.8. The molecule has 0 aliphatic carbocycles. The average molecular weight is 296 g/mol. The van der Waals surface area contributed by atoms with Crippen LogP contribution >= 0.6 is 15.9 Å². The summed E-state index contributed by atoms with van der Waals surface area (Å²) in [6.07, 6.45) is 6.52. The van der Waals surface area contributed by atoms with Gasteiger partial charge >= 0.3 is 0 Å². The Morgan fingerprint density at radius 2 is 2.35 bits per heavy atom. The van der Waals surface area contributed by atoms with Crippen molar-refractivity contribution in [3.63, 3.8) is 0 Å². The topological polar surface area (TPSA) is 46.3 Å². The van der Waals surface area contributed by atoms with Crippen molar-refractivity contribution in [2.75, 3.05) is 18.0 Å². The zero-order valence-electron chi connectivity index (χ0n) is 9.62. The van der Waals surface area contributed by atoms with Gasteiger partial charge in [-0.2, -0.15) is 0 Å². The highest BCUT2D eigenvalue weighted by molar-refractivity contribution is 9.09. The number of aromatic nitrogens is 4. The van der Waals surface area contributed by atoms with Gasteiger partial charge in [0.15, 0.2) is 5.82 Å². The van der Waals surface area contributed by atoms with Crippen LogP contribution in [-0.2, 0) is 0 Å². The Bertz CT molecular complexity index is 525. The van der Waals surface area contributed by atoms with E-state index in [2.05, 4.69) is 42.9 Å². The van der Waals surface area contributed by atoms with Gasteiger partial charge in [-0.15, -0.1) is 10.2 Å². The Kier molecular flexibility index (Phi) is 2.74. The van der Waals surface area contributed by atoms with Gasteiger partial charge in [-0.1, -0.05) is 22.9 Å². The lowest BCUT2D eigenvalue weighted by Gasteiger charge is -2.34. The molecule has 0 N–H and O–H groups in total. The first kappa shape index (κ1) is 11.0. The van der Waals surface area contributed by atoms with Gasteiger partial charge in [-0.25, -0.2) is 4.98 Å². The number of hydrogen-bond acceptors (Lipinski definition) is 4. The lowest BCUT2D eigenvalue weighted by Crippen LogP contribution is -2.40. The lowest BCUT2D eigenvalue weighted by atomic mass is 10.0. The van der Waals surface area contributed by atoms with Crippen LogP contribution in [0.4, 0.5) is 5.82 Å². The number of alkyl halides is 1. The summed E-state index contributed by atoms with van der Waals surface area (Å²) in [5.74, 6) is 1.56. The lowest BCUT2D eigenvalue weighted by molar-refractivity contribution is 0.464. The van der Waals surface area contributed by atoms with Crippen LogP contribution in [0.1, 0.15) is 13.3 Å². The minimum atomic E-state index is 0.608. The Labute approximate surface area is 108 Å². The number of nitrogens with zero attached hydrogens (tertiary/aromatic N) is 5. The first-order chi connectivity index (χ1) is 8.25. The van der Waals surface area contributed by atoms with Crippen LogP contribution < -0.4 is 4.90 Å². The molecule has 0 aromatic carbocycles. The number of fused-ring (bicyclic) bond motifs is 1. The molecule has 0 spiro atoms. The van der Waals surface area contributed by atoms with Gasteiger partial charge in [0.25, 0.3) is 0 Å². The SMILES string of the molecule is CC1CN(c2nccn3cnnc23)CCC1Br. The Hall–Kier alpha value is -1.17. The number of rotatable bonds is 1. The number of halogens is 1. The monoisotopic (exact) mass is 295 g/mol. The van der Waals surface area contributed by atoms with E-state index in [1.807, 2.05) is 10.6 Å². The van der Waals surface area contributed by atoms with E-state index in [0.29, 0.717) is 10.7 Å². The van der Waals surface area contributed by atoms with E-state index in [4.69, 9.17) is 0 Å². The highest BCUT2D eigenvalue weighted by Crippen LogP contribution is 2.27. The van der Waals surface area contributed by atoms with E-state index in [-0.39, 0.29) is 0 Å². The van der Waals surface area contributed by atoms with Crippen molar-refractivity contribution in [2.45, 2.75) is 18.2 Å². The third-order valence-corrected chi connectivity index (χ3v) is 4.66. The molecule has 2 unspecified atom stereocenters. The Balaban J connectivity index is 1.96. The molecule has 2 aromatic rings. The van der Waals surface area contributed by atoms with Crippen molar-refractivity contribution in [1.82, 2.24) is 19.6 Å². The fraction of sp³-hybridized carbons (Fsp3) is 0.545. The minimum absolute atomic E-state index is 0.608. The summed E-state index contributed by atoms with van der Waals surface area (Å²) in [6.45, 7) is 4.28. The summed E-state index contributed by atoms with van der Waals surface area (Å²) in [7, 11) is 0. The largest absolute Gasteiger partial charge is 0.353 e. The Morgan fingerprint density at radius 3 is 3.18 bits per heavy atom. The first-order valence-corrected chi connectivity index (χ1v) is 6.70. The fourth-order valence-electron chi connectivity index (χ4n) is 2.28. The zero-order valence-corrected chi connectivity index (χ0v) is 11.2. The molecule has 5 nitrogen and oxygen atoms in total. The normalized spacial score (nSPS) is 25.4. The molecular formula is C11H14BrN5. The third-order valence-electron chi connectivity index (χ3n) is 3.30. The summed E-state index contributed by atoms with van der Waals surface area (Å²) in [6, 6.07) is 0. The fourth-order valence-corrected chi connectivity index (χ4v) is 2.65. The van der Waals surface area contributed by atoms with Crippen molar-refractivity contribution in [1.29, 1.82) is 0 Å². The van der Waals surface area contributed by atoms with E-state index < -0.39 is 0 Å². The van der Waals surface area contributed by atoms with Crippen molar-refractivity contribution < 1.29 is 0 Å². The maximum absolute atomic E-state index is 4.45. The molecule has 6 heteroatoms. The number of anilines is 1. The van der Waals surface area contributed by atoms with Crippen LogP contribution in [0, 0.1) is 5.92 Å². The third kappa shape index (κ3) is 1.90. The molecule has 0 saturated carbocycles.